The maximum absolute atomic E-state index is 6.16. The van der Waals surface area contributed by atoms with Crippen molar-refractivity contribution >= 4 is 15.9 Å². The highest BCUT2D eigenvalue weighted by Crippen LogP contribution is 2.37. The standard InChI is InChI=1S/C17H25BrO2/c1-2-15-8-10-17(14-18,11-9-15)20-13-12-19-16-6-4-3-5-7-16/h3-7,15H,2,8-14H2,1H3. The maximum Gasteiger partial charge on any atom is 0.119 e. The predicted octanol–water partition coefficient (Wildman–Crippen LogP) is 4.82. The molecule has 0 aromatic heterocycles. The molecule has 0 saturated heterocycles. The van der Waals surface area contributed by atoms with E-state index in [1.165, 1.54) is 32.1 Å². The molecule has 0 N–H and O–H groups in total. The Morgan fingerprint density at radius 3 is 2.45 bits per heavy atom. The first-order valence-corrected chi connectivity index (χ1v) is 8.78. The van der Waals surface area contributed by atoms with Crippen LogP contribution in [0.2, 0.25) is 0 Å². The van der Waals surface area contributed by atoms with Crippen LogP contribution in [-0.2, 0) is 4.74 Å². The van der Waals surface area contributed by atoms with Gasteiger partial charge in [-0.2, -0.15) is 0 Å². The molecule has 0 heterocycles. The van der Waals surface area contributed by atoms with Crippen LogP contribution in [-0.4, -0.2) is 24.1 Å². The zero-order valence-corrected chi connectivity index (χ0v) is 13.9. The summed E-state index contributed by atoms with van der Waals surface area (Å²) in [6.45, 7) is 3.58. The van der Waals surface area contributed by atoms with Crippen molar-refractivity contribution in [3.8, 4) is 5.75 Å². The number of hydrogen-bond acceptors (Lipinski definition) is 2. The van der Waals surface area contributed by atoms with Gasteiger partial charge in [0.05, 0.1) is 12.2 Å². The van der Waals surface area contributed by atoms with Crippen molar-refractivity contribution in [3.63, 3.8) is 0 Å². The topological polar surface area (TPSA) is 18.5 Å². The van der Waals surface area contributed by atoms with Crippen LogP contribution in [0.4, 0.5) is 0 Å². The van der Waals surface area contributed by atoms with Gasteiger partial charge in [0.25, 0.3) is 0 Å². The van der Waals surface area contributed by atoms with Crippen LogP contribution in [0.1, 0.15) is 39.0 Å². The Hall–Kier alpha value is -0.540. The average molecular weight is 341 g/mol. The maximum atomic E-state index is 6.16. The molecule has 0 amide bonds. The number of halogens is 1. The highest BCUT2D eigenvalue weighted by atomic mass is 79.9. The summed E-state index contributed by atoms with van der Waals surface area (Å²) in [6, 6.07) is 9.93. The van der Waals surface area contributed by atoms with Crippen LogP contribution in [0.15, 0.2) is 30.3 Å². The van der Waals surface area contributed by atoms with E-state index in [1.807, 2.05) is 30.3 Å². The molecule has 1 fully saturated rings. The average Bonchev–Trinajstić information content (AvgIpc) is 2.53. The zero-order chi connectivity index (χ0) is 14.3. The van der Waals surface area contributed by atoms with Crippen LogP contribution in [0.25, 0.3) is 0 Å². The van der Waals surface area contributed by atoms with Crippen molar-refractivity contribution < 1.29 is 9.47 Å². The molecule has 1 aliphatic carbocycles. The lowest BCUT2D eigenvalue weighted by Crippen LogP contribution is -2.40. The van der Waals surface area contributed by atoms with Gasteiger partial charge in [0, 0.05) is 5.33 Å². The molecule has 2 rings (SSSR count). The minimum absolute atomic E-state index is 0.0335. The van der Waals surface area contributed by atoms with E-state index in [-0.39, 0.29) is 5.60 Å². The second kappa shape index (κ2) is 8.04. The predicted molar refractivity (Wildman–Crippen MR) is 86.7 cm³/mol. The van der Waals surface area contributed by atoms with Crippen LogP contribution in [0.3, 0.4) is 0 Å². The zero-order valence-electron chi connectivity index (χ0n) is 12.3. The molecule has 1 aromatic carbocycles. The van der Waals surface area contributed by atoms with Crippen LogP contribution < -0.4 is 4.74 Å². The van der Waals surface area contributed by atoms with Crippen molar-refractivity contribution in [3.05, 3.63) is 30.3 Å². The quantitative estimate of drug-likeness (QED) is 0.523. The monoisotopic (exact) mass is 340 g/mol. The Bertz CT molecular complexity index is 372. The Balaban J connectivity index is 1.71. The molecule has 3 heteroatoms. The minimum Gasteiger partial charge on any atom is -0.491 e. The molecular weight excluding hydrogens is 316 g/mol. The molecule has 20 heavy (non-hydrogen) atoms. The third-order valence-corrected chi connectivity index (χ3v) is 5.36. The first kappa shape index (κ1) is 15.8. The lowest BCUT2D eigenvalue weighted by atomic mass is 9.79. The molecule has 0 spiro atoms. The second-order valence-electron chi connectivity index (χ2n) is 5.68. The molecular formula is C17H25BrO2. The van der Waals surface area contributed by atoms with Crippen molar-refractivity contribution in [1.82, 2.24) is 0 Å². The van der Waals surface area contributed by atoms with Crippen LogP contribution >= 0.6 is 15.9 Å². The molecule has 1 aliphatic rings. The van der Waals surface area contributed by atoms with E-state index >= 15 is 0 Å². The molecule has 2 nitrogen and oxygen atoms in total. The fourth-order valence-corrected chi connectivity index (χ4v) is 3.59. The molecule has 0 radical (unpaired) electrons. The molecule has 1 saturated carbocycles. The number of para-hydroxylation sites is 1. The summed E-state index contributed by atoms with van der Waals surface area (Å²) < 4.78 is 11.9. The molecule has 0 bridgehead atoms. The second-order valence-corrected chi connectivity index (χ2v) is 6.24. The van der Waals surface area contributed by atoms with Crippen LogP contribution in [0, 0.1) is 5.92 Å². The number of alkyl halides is 1. The number of hydrogen-bond donors (Lipinski definition) is 0. The molecule has 0 unspecified atom stereocenters. The Kier molecular flexibility index (Phi) is 6.37. The molecule has 0 aliphatic heterocycles. The van der Waals surface area contributed by atoms with E-state index in [1.54, 1.807) is 0 Å². The van der Waals surface area contributed by atoms with Gasteiger partial charge in [-0.3, -0.25) is 0 Å². The highest BCUT2D eigenvalue weighted by Gasteiger charge is 2.34. The first-order valence-electron chi connectivity index (χ1n) is 7.66. The Morgan fingerprint density at radius 2 is 1.85 bits per heavy atom. The summed E-state index contributed by atoms with van der Waals surface area (Å²) in [5.41, 5.74) is 0.0335. The largest absolute Gasteiger partial charge is 0.491 e. The number of ether oxygens (including phenoxy) is 2. The molecule has 0 atom stereocenters. The summed E-state index contributed by atoms with van der Waals surface area (Å²) >= 11 is 3.64. The number of benzene rings is 1. The fraction of sp³-hybridized carbons (Fsp3) is 0.647. The Labute approximate surface area is 131 Å². The van der Waals surface area contributed by atoms with E-state index < -0.39 is 0 Å². The van der Waals surface area contributed by atoms with E-state index in [0.29, 0.717) is 13.2 Å². The van der Waals surface area contributed by atoms with Gasteiger partial charge in [0.1, 0.15) is 12.4 Å². The Morgan fingerprint density at radius 1 is 1.15 bits per heavy atom. The summed E-state index contributed by atoms with van der Waals surface area (Å²) in [7, 11) is 0. The van der Waals surface area contributed by atoms with Gasteiger partial charge < -0.3 is 9.47 Å². The van der Waals surface area contributed by atoms with E-state index in [4.69, 9.17) is 9.47 Å². The van der Waals surface area contributed by atoms with Gasteiger partial charge in [0.2, 0.25) is 0 Å². The fourth-order valence-electron chi connectivity index (χ4n) is 2.86. The summed E-state index contributed by atoms with van der Waals surface area (Å²) in [5.74, 6) is 1.81. The van der Waals surface area contributed by atoms with Gasteiger partial charge in [-0.25, -0.2) is 0 Å². The lowest BCUT2D eigenvalue weighted by Gasteiger charge is -2.38. The SMILES string of the molecule is CCC1CCC(CBr)(OCCOc2ccccc2)CC1. The summed E-state index contributed by atoms with van der Waals surface area (Å²) in [4.78, 5) is 0. The van der Waals surface area contributed by atoms with E-state index in [2.05, 4.69) is 22.9 Å². The molecule has 112 valence electrons. The van der Waals surface area contributed by atoms with Crippen molar-refractivity contribution in [2.75, 3.05) is 18.5 Å². The normalized spacial score (nSPS) is 26.4. The van der Waals surface area contributed by atoms with Gasteiger partial charge in [-0.15, -0.1) is 0 Å². The summed E-state index contributed by atoms with van der Waals surface area (Å²) in [5, 5.41) is 0.932. The van der Waals surface area contributed by atoms with Crippen molar-refractivity contribution in [1.29, 1.82) is 0 Å². The third-order valence-electron chi connectivity index (χ3n) is 4.34. The van der Waals surface area contributed by atoms with Gasteiger partial charge in [0.15, 0.2) is 0 Å². The van der Waals surface area contributed by atoms with Crippen molar-refractivity contribution in [2.24, 2.45) is 5.92 Å². The third kappa shape index (κ3) is 4.49. The smallest absolute Gasteiger partial charge is 0.119 e. The first-order chi connectivity index (χ1) is 9.78. The minimum atomic E-state index is 0.0335. The van der Waals surface area contributed by atoms with Gasteiger partial charge in [-0.05, 0) is 43.7 Å². The highest BCUT2D eigenvalue weighted by molar-refractivity contribution is 9.09. The van der Waals surface area contributed by atoms with E-state index in [0.717, 1.165) is 17.0 Å². The van der Waals surface area contributed by atoms with Gasteiger partial charge in [-0.1, -0.05) is 47.5 Å². The van der Waals surface area contributed by atoms with Crippen LogP contribution in [0.5, 0.6) is 5.75 Å². The van der Waals surface area contributed by atoms with E-state index in [9.17, 15) is 0 Å². The van der Waals surface area contributed by atoms with Gasteiger partial charge >= 0.3 is 0 Å². The number of rotatable bonds is 7. The van der Waals surface area contributed by atoms with Crippen molar-refractivity contribution in [2.45, 2.75) is 44.6 Å². The summed E-state index contributed by atoms with van der Waals surface area (Å²) in [6.07, 6.45) is 6.23. The lowest BCUT2D eigenvalue weighted by molar-refractivity contribution is -0.0683. The molecule has 1 aromatic rings.